The van der Waals surface area contributed by atoms with Crippen LogP contribution in [0, 0.1) is 0 Å². The maximum atomic E-state index is 4.96. The SMILES string of the molecule is c1cnc2c(c1)nc(C1CCCNC1)n2C1CCCSC1. The Bertz CT molecular complexity index is 612. The molecule has 2 atom stereocenters. The number of hydrogen-bond donors (Lipinski definition) is 1. The van der Waals surface area contributed by atoms with Crippen molar-refractivity contribution >= 4 is 22.9 Å². The Balaban J connectivity index is 1.79. The Morgan fingerprint density at radius 1 is 1.29 bits per heavy atom. The summed E-state index contributed by atoms with van der Waals surface area (Å²) in [6.45, 7) is 2.21. The minimum atomic E-state index is 0.542. The van der Waals surface area contributed by atoms with Gasteiger partial charge in [0.1, 0.15) is 11.3 Å². The van der Waals surface area contributed by atoms with E-state index in [2.05, 4.69) is 32.7 Å². The first-order chi connectivity index (χ1) is 10.4. The fourth-order valence-corrected chi connectivity index (χ4v) is 4.72. The lowest BCUT2D eigenvalue weighted by atomic mass is 9.98. The van der Waals surface area contributed by atoms with Gasteiger partial charge in [0.15, 0.2) is 5.65 Å². The predicted molar refractivity (Wildman–Crippen MR) is 88.0 cm³/mol. The summed E-state index contributed by atoms with van der Waals surface area (Å²) >= 11 is 2.07. The normalized spacial score (nSPS) is 27.0. The van der Waals surface area contributed by atoms with E-state index in [-0.39, 0.29) is 0 Å². The first-order valence-electron chi connectivity index (χ1n) is 8.05. The highest BCUT2D eigenvalue weighted by molar-refractivity contribution is 7.99. The first kappa shape index (κ1) is 13.6. The third-order valence-corrected chi connectivity index (χ3v) is 5.84. The molecule has 112 valence electrons. The highest BCUT2D eigenvalue weighted by atomic mass is 32.2. The molecule has 4 nitrogen and oxygen atoms in total. The summed E-state index contributed by atoms with van der Waals surface area (Å²) in [5, 5.41) is 3.53. The Hall–Kier alpha value is -1.07. The maximum absolute atomic E-state index is 4.96. The topological polar surface area (TPSA) is 42.7 Å². The van der Waals surface area contributed by atoms with Gasteiger partial charge < -0.3 is 9.88 Å². The van der Waals surface area contributed by atoms with Crippen molar-refractivity contribution in [3.63, 3.8) is 0 Å². The lowest BCUT2D eigenvalue weighted by Crippen LogP contribution is -2.31. The molecule has 0 spiro atoms. The number of nitrogens with zero attached hydrogens (tertiary/aromatic N) is 3. The third-order valence-electron chi connectivity index (χ3n) is 4.64. The summed E-state index contributed by atoms with van der Waals surface area (Å²) in [6, 6.07) is 4.67. The second-order valence-corrected chi connectivity index (χ2v) is 7.25. The van der Waals surface area contributed by atoms with Gasteiger partial charge in [-0.15, -0.1) is 0 Å². The second-order valence-electron chi connectivity index (χ2n) is 6.10. The molecule has 4 heterocycles. The van der Waals surface area contributed by atoms with Gasteiger partial charge in [-0.3, -0.25) is 0 Å². The fraction of sp³-hybridized carbons (Fsp3) is 0.625. The van der Waals surface area contributed by atoms with Crippen molar-refractivity contribution in [1.29, 1.82) is 0 Å². The quantitative estimate of drug-likeness (QED) is 0.926. The van der Waals surface area contributed by atoms with E-state index in [1.165, 1.54) is 43.0 Å². The summed E-state index contributed by atoms with van der Waals surface area (Å²) in [5.74, 6) is 4.31. The van der Waals surface area contributed by atoms with Gasteiger partial charge >= 0.3 is 0 Å². The summed E-state index contributed by atoms with van der Waals surface area (Å²) < 4.78 is 2.47. The molecule has 2 aliphatic rings. The zero-order valence-electron chi connectivity index (χ0n) is 12.3. The van der Waals surface area contributed by atoms with Gasteiger partial charge in [-0.1, -0.05) is 0 Å². The van der Waals surface area contributed by atoms with Crippen LogP contribution in [-0.4, -0.2) is 39.1 Å². The second kappa shape index (κ2) is 5.97. The van der Waals surface area contributed by atoms with Crippen molar-refractivity contribution in [2.45, 2.75) is 37.6 Å². The zero-order chi connectivity index (χ0) is 14.1. The molecule has 2 aromatic heterocycles. The third kappa shape index (κ3) is 2.57. The van der Waals surface area contributed by atoms with E-state index in [1.807, 2.05) is 12.3 Å². The monoisotopic (exact) mass is 302 g/mol. The molecule has 0 amide bonds. The van der Waals surface area contributed by atoms with Gasteiger partial charge in [-0.25, -0.2) is 9.97 Å². The van der Waals surface area contributed by atoms with Crippen molar-refractivity contribution in [3.8, 4) is 0 Å². The van der Waals surface area contributed by atoms with E-state index in [9.17, 15) is 0 Å². The van der Waals surface area contributed by atoms with Crippen LogP contribution in [0.15, 0.2) is 18.3 Å². The number of rotatable bonds is 2. The summed E-state index contributed by atoms with van der Waals surface area (Å²) in [6.07, 6.45) is 6.97. The highest BCUT2D eigenvalue weighted by Crippen LogP contribution is 2.34. The average molecular weight is 302 g/mol. The molecule has 4 rings (SSSR count). The lowest BCUT2D eigenvalue weighted by Gasteiger charge is -2.29. The van der Waals surface area contributed by atoms with Crippen molar-refractivity contribution in [3.05, 3.63) is 24.2 Å². The van der Waals surface area contributed by atoms with Crippen LogP contribution in [0.4, 0.5) is 0 Å². The highest BCUT2D eigenvalue weighted by Gasteiger charge is 2.27. The summed E-state index contributed by atoms with van der Waals surface area (Å²) in [7, 11) is 0. The molecule has 0 radical (unpaired) electrons. The smallest absolute Gasteiger partial charge is 0.160 e. The van der Waals surface area contributed by atoms with Crippen LogP contribution in [0.1, 0.15) is 43.5 Å². The maximum Gasteiger partial charge on any atom is 0.160 e. The van der Waals surface area contributed by atoms with Crippen molar-refractivity contribution in [2.24, 2.45) is 0 Å². The number of thioether (sulfide) groups is 1. The Labute approximate surface area is 129 Å². The standard InChI is InChI=1S/C16H22N4S/c1-4-12(10-17-7-1)15-19-14-6-2-8-18-16(14)20(15)13-5-3-9-21-11-13/h2,6,8,12-13,17H,1,3-5,7,9-11H2. The number of hydrogen-bond acceptors (Lipinski definition) is 4. The van der Waals surface area contributed by atoms with Crippen molar-refractivity contribution < 1.29 is 0 Å². The van der Waals surface area contributed by atoms with E-state index in [0.717, 1.165) is 24.3 Å². The molecule has 0 saturated carbocycles. The number of pyridine rings is 1. The van der Waals surface area contributed by atoms with Gasteiger partial charge in [0, 0.05) is 30.5 Å². The fourth-order valence-electron chi connectivity index (χ4n) is 3.59. The number of nitrogens with one attached hydrogen (secondary N) is 1. The molecular formula is C16H22N4S. The van der Waals surface area contributed by atoms with Crippen LogP contribution in [0.2, 0.25) is 0 Å². The molecule has 2 aliphatic heterocycles. The molecule has 2 fully saturated rings. The van der Waals surface area contributed by atoms with Crippen LogP contribution in [0.25, 0.3) is 11.2 Å². The number of aromatic nitrogens is 3. The molecule has 0 bridgehead atoms. The Kier molecular flexibility index (Phi) is 3.86. The molecule has 1 N–H and O–H groups in total. The zero-order valence-corrected chi connectivity index (χ0v) is 13.1. The van der Waals surface area contributed by atoms with Crippen LogP contribution >= 0.6 is 11.8 Å². The van der Waals surface area contributed by atoms with Crippen molar-refractivity contribution in [1.82, 2.24) is 19.9 Å². The van der Waals surface area contributed by atoms with E-state index in [0.29, 0.717) is 12.0 Å². The Morgan fingerprint density at radius 2 is 2.29 bits per heavy atom. The summed E-state index contributed by atoms with van der Waals surface area (Å²) in [4.78, 5) is 9.61. The van der Waals surface area contributed by atoms with Crippen molar-refractivity contribution in [2.75, 3.05) is 24.6 Å². The molecule has 0 aromatic carbocycles. The first-order valence-corrected chi connectivity index (χ1v) is 9.20. The lowest BCUT2D eigenvalue weighted by molar-refractivity contribution is 0.410. The van der Waals surface area contributed by atoms with Crippen LogP contribution in [0.5, 0.6) is 0 Å². The number of fused-ring (bicyclic) bond motifs is 1. The van der Waals surface area contributed by atoms with Gasteiger partial charge in [0.2, 0.25) is 0 Å². The van der Waals surface area contributed by atoms with E-state index in [1.54, 1.807) is 0 Å². The van der Waals surface area contributed by atoms with Crippen LogP contribution in [0.3, 0.4) is 0 Å². The van der Waals surface area contributed by atoms with E-state index in [4.69, 9.17) is 4.98 Å². The Morgan fingerprint density at radius 3 is 3.10 bits per heavy atom. The molecule has 0 aliphatic carbocycles. The van der Waals surface area contributed by atoms with Crippen LogP contribution < -0.4 is 5.32 Å². The van der Waals surface area contributed by atoms with Gasteiger partial charge in [0.25, 0.3) is 0 Å². The molecule has 5 heteroatoms. The summed E-state index contributed by atoms with van der Waals surface area (Å²) in [5.41, 5.74) is 2.15. The minimum absolute atomic E-state index is 0.542. The number of piperidine rings is 1. The molecule has 2 saturated heterocycles. The minimum Gasteiger partial charge on any atom is -0.316 e. The van der Waals surface area contributed by atoms with Gasteiger partial charge in [-0.2, -0.15) is 11.8 Å². The van der Waals surface area contributed by atoms with E-state index < -0.39 is 0 Å². The number of imidazole rings is 1. The van der Waals surface area contributed by atoms with Gasteiger partial charge in [-0.05, 0) is 50.1 Å². The molecule has 2 unspecified atom stereocenters. The van der Waals surface area contributed by atoms with Gasteiger partial charge in [0.05, 0.1) is 0 Å². The molecule has 21 heavy (non-hydrogen) atoms. The molecular weight excluding hydrogens is 280 g/mol. The van der Waals surface area contributed by atoms with Crippen LogP contribution in [-0.2, 0) is 0 Å². The largest absolute Gasteiger partial charge is 0.316 e. The van der Waals surface area contributed by atoms with E-state index >= 15 is 0 Å². The average Bonchev–Trinajstić information content (AvgIpc) is 2.96. The predicted octanol–water partition coefficient (Wildman–Crippen LogP) is 2.97. The molecule has 2 aromatic rings.